The van der Waals surface area contributed by atoms with Crippen LogP contribution < -0.4 is 0 Å². The van der Waals surface area contributed by atoms with Crippen molar-refractivity contribution in [3.8, 4) is 0 Å². The maximum Gasteiger partial charge on any atom is -0.0166 e. The van der Waals surface area contributed by atoms with Crippen molar-refractivity contribution in [2.45, 2.75) is 32.1 Å². The van der Waals surface area contributed by atoms with Crippen molar-refractivity contribution >= 4 is 0 Å². The molecule has 1 aliphatic carbocycles. The summed E-state index contributed by atoms with van der Waals surface area (Å²) in [5.41, 5.74) is 0. The van der Waals surface area contributed by atoms with Crippen molar-refractivity contribution in [3.05, 3.63) is 48.6 Å². The molecule has 1 rings (SSSR count). The first kappa shape index (κ1) is 10.0. The smallest absolute Gasteiger partial charge is 0.0166 e. The standard InChI is InChI=1S/C13H18/c1-2-4-6-8-10-12-13-11-9-7-5-3-1/h1-4,7,9-10,12H,5-6,8,11,13H2/b3-1-,4-2+,9-7-,12-10?. The van der Waals surface area contributed by atoms with Crippen LogP contribution in [0.2, 0.25) is 0 Å². The Kier molecular flexibility index (Phi) is 5.87. The van der Waals surface area contributed by atoms with Gasteiger partial charge < -0.3 is 0 Å². The summed E-state index contributed by atoms with van der Waals surface area (Å²) in [6.07, 6.45) is 23.5. The van der Waals surface area contributed by atoms with E-state index in [2.05, 4.69) is 48.6 Å². The van der Waals surface area contributed by atoms with Gasteiger partial charge in [0.15, 0.2) is 0 Å². The molecule has 0 saturated heterocycles. The Hall–Kier alpha value is -1.04. The number of rotatable bonds is 0. The van der Waals surface area contributed by atoms with Crippen LogP contribution in [0.15, 0.2) is 48.6 Å². The molecule has 0 aromatic heterocycles. The number of allylic oxidation sites excluding steroid dienone is 8. The zero-order chi connectivity index (χ0) is 9.19. The molecule has 0 N–H and O–H groups in total. The third-order valence-corrected chi connectivity index (χ3v) is 1.99. The molecule has 0 aromatic rings. The van der Waals surface area contributed by atoms with Crippen LogP contribution >= 0.6 is 0 Å². The molecule has 0 spiro atoms. The van der Waals surface area contributed by atoms with Gasteiger partial charge in [-0.2, -0.15) is 0 Å². The second kappa shape index (κ2) is 7.60. The van der Waals surface area contributed by atoms with Crippen molar-refractivity contribution in [1.82, 2.24) is 0 Å². The lowest BCUT2D eigenvalue weighted by atomic mass is 10.2. The lowest BCUT2D eigenvalue weighted by molar-refractivity contribution is 1.00. The maximum atomic E-state index is 2.28. The van der Waals surface area contributed by atoms with E-state index in [-0.39, 0.29) is 0 Å². The van der Waals surface area contributed by atoms with Crippen LogP contribution in [-0.2, 0) is 0 Å². The molecule has 0 amide bonds. The Labute approximate surface area is 81.4 Å². The van der Waals surface area contributed by atoms with Gasteiger partial charge >= 0.3 is 0 Å². The van der Waals surface area contributed by atoms with E-state index in [1.807, 2.05) is 0 Å². The average Bonchev–Trinajstić information content (AvgIpc) is 2.18. The van der Waals surface area contributed by atoms with E-state index in [1.165, 1.54) is 19.3 Å². The molecule has 0 heterocycles. The molecule has 0 radical (unpaired) electrons. The van der Waals surface area contributed by atoms with Gasteiger partial charge in [-0.05, 0) is 32.1 Å². The van der Waals surface area contributed by atoms with Gasteiger partial charge in [0.25, 0.3) is 0 Å². The summed E-state index contributed by atoms with van der Waals surface area (Å²) < 4.78 is 0. The molecule has 0 fully saturated rings. The van der Waals surface area contributed by atoms with E-state index in [0.717, 1.165) is 12.8 Å². The van der Waals surface area contributed by atoms with Gasteiger partial charge in [0.05, 0.1) is 0 Å². The Balaban J connectivity index is 2.38. The third kappa shape index (κ3) is 6.15. The van der Waals surface area contributed by atoms with Crippen molar-refractivity contribution in [1.29, 1.82) is 0 Å². The molecule has 0 unspecified atom stereocenters. The molecule has 1 aliphatic rings. The fourth-order valence-corrected chi connectivity index (χ4v) is 1.25. The first-order valence-electron chi connectivity index (χ1n) is 5.12. The summed E-state index contributed by atoms with van der Waals surface area (Å²) in [6, 6.07) is 0. The van der Waals surface area contributed by atoms with Crippen LogP contribution in [0.5, 0.6) is 0 Å². The topological polar surface area (TPSA) is 0 Å². The van der Waals surface area contributed by atoms with Gasteiger partial charge in [0.1, 0.15) is 0 Å². The molecule has 0 bridgehead atoms. The molecule has 0 heteroatoms. The van der Waals surface area contributed by atoms with Gasteiger partial charge in [0, 0.05) is 0 Å². The summed E-state index contributed by atoms with van der Waals surface area (Å²) in [7, 11) is 0. The summed E-state index contributed by atoms with van der Waals surface area (Å²) in [6.45, 7) is 0. The van der Waals surface area contributed by atoms with Crippen LogP contribution in [-0.4, -0.2) is 0 Å². The van der Waals surface area contributed by atoms with Gasteiger partial charge in [-0.3, -0.25) is 0 Å². The van der Waals surface area contributed by atoms with Crippen LogP contribution in [0.25, 0.3) is 0 Å². The van der Waals surface area contributed by atoms with Crippen LogP contribution in [0.3, 0.4) is 0 Å². The molecule has 0 aromatic carbocycles. The minimum Gasteiger partial charge on any atom is -0.0882 e. The normalized spacial score (nSPS) is 26.5. The zero-order valence-corrected chi connectivity index (χ0v) is 8.15. The fraction of sp³-hybridized carbons (Fsp3) is 0.385. The third-order valence-electron chi connectivity index (χ3n) is 1.99. The van der Waals surface area contributed by atoms with Crippen LogP contribution in [0.1, 0.15) is 32.1 Å². The summed E-state index contributed by atoms with van der Waals surface area (Å²) in [5.74, 6) is 0. The predicted octanol–water partition coefficient (Wildman–Crippen LogP) is 4.18. The summed E-state index contributed by atoms with van der Waals surface area (Å²) in [5, 5.41) is 0. The Bertz CT molecular complexity index is 216. The summed E-state index contributed by atoms with van der Waals surface area (Å²) >= 11 is 0. The SMILES string of the molecule is C1=CCC/C=C/C=C\C/C=C\CC1. The van der Waals surface area contributed by atoms with Crippen LogP contribution in [0.4, 0.5) is 0 Å². The maximum absolute atomic E-state index is 2.28. The lowest BCUT2D eigenvalue weighted by Gasteiger charge is -1.87. The highest BCUT2D eigenvalue weighted by molar-refractivity contribution is 5.05. The van der Waals surface area contributed by atoms with Crippen molar-refractivity contribution in [2.24, 2.45) is 0 Å². The van der Waals surface area contributed by atoms with Crippen molar-refractivity contribution < 1.29 is 0 Å². The quantitative estimate of drug-likeness (QED) is 0.483. The summed E-state index contributed by atoms with van der Waals surface area (Å²) in [4.78, 5) is 0. The highest BCUT2D eigenvalue weighted by Crippen LogP contribution is 2.00. The van der Waals surface area contributed by atoms with Gasteiger partial charge in [0.2, 0.25) is 0 Å². The molecular weight excluding hydrogens is 156 g/mol. The fourth-order valence-electron chi connectivity index (χ4n) is 1.25. The van der Waals surface area contributed by atoms with Crippen molar-refractivity contribution in [3.63, 3.8) is 0 Å². The molecule has 70 valence electrons. The van der Waals surface area contributed by atoms with E-state index in [4.69, 9.17) is 0 Å². The molecule has 0 nitrogen and oxygen atoms in total. The minimum atomic E-state index is 1.06. The largest absolute Gasteiger partial charge is 0.0882 e. The van der Waals surface area contributed by atoms with Crippen molar-refractivity contribution in [2.75, 3.05) is 0 Å². The molecular formula is C13H18. The lowest BCUT2D eigenvalue weighted by Crippen LogP contribution is -1.66. The second-order valence-electron chi connectivity index (χ2n) is 3.19. The number of hydrogen-bond donors (Lipinski definition) is 0. The molecule has 13 heavy (non-hydrogen) atoms. The van der Waals surface area contributed by atoms with Gasteiger partial charge in [-0.1, -0.05) is 48.6 Å². The molecule has 0 saturated carbocycles. The first-order valence-corrected chi connectivity index (χ1v) is 5.12. The Morgan fingerprint density at radius 1 is 0.462 bits per heavy atom. The monoisotopic (exact) mass is 174 g/mol. The van der Waals surface area contributed by atoms with Gasteiger partial charge in [-0.25, -0.2) is 0 Å². The Morgan fingerprint density at radius 3 is 1.77 bits per heavy atom. The number of hydrogen-bond acceptors (Lipinski definition) is 0. The van der Waals surface area contributed by atoms with E-state index in [0.29, 0.717) is 0 Å². The predicted molar refractivity (Wildman–Crippen MR) is 59.6 cm³/mol. The molecule has 0 atom stereocenters. The zero-order valence-electron chi connectivity index (χ0n) is 8.15. The van der Waals surface area contributed by atoms with E-state index < -0.39 is 0 Å². The second-order valence-corrected chi connectivity index (χ2v) is 3.19. The van der Waals surface area contributed by atoms with Crippen LogP contribution in [0, 0.1) is 0 Å². The average molecular weight is 174 g/mol. The highest BCUT2D eigenvalue weighted by atomic mass is 13.9. The minimum absolute atomic E-state index is 1.06. The van der Waals surface area contributed by atoms with Gasteiger partial charge in [-0.15, -0.1) is 0 Å². The highest BCUT2D eigenvalue weighted by Gasteiger charge is 1.79. The molecule has 0 aliphatic heterocycles. The van der Waals surface area contributed by atoms with E-state index in [9.17, 15) is 0 Å². The Morgan fingerprint density at radius 2 is 1.00 bits per heavy atom. The van der Waals surface area contributed by atoms with E-state index >= 15 is 0 Å². The van der Waals surface area contributed by atoms with E-state index in [1.54, 1.807) is 0 Å². The first-order chi connectivity index (χ1) is 6.50.